The van der Waals surface area contributed by atoms with E-state index in [1.54, 1.807) is 0 Å². The standard InChI is InChI=1S/C27H21NS/c1-27(2)23-12-5-3-10-19(23)21-14-15-22-20-11-4-6-13-24(20)28(26(22)25(21)27)17-8-7-9-18(29)16-17/h3-16,29H,1-2H3. The molecule has 4 aromatic carbocycles. The fraction of sp³-hybridized carbons (Fsp3) is 0.111. The Balaban J connectivity index is 1.85. The Bertz CT molecular complexity index is 1440. The van der Waals surface area contributed by atoms with E-state index in [1.807, 2.05) is 6.07 Å². The van der Waals surface area contributed by atoms with Gasteiger partial charge in [-0.3, -0.25) is 0 Å². The van der Waals surface area contributed by atoms with Gasteiger partial charge in [0.25, 0.3) is 0 Å². The van der Waals surface area contributed by atoms with Gasteiger partial charge < -0.3 is 4.57 Å². The molecule has 0 saturated heterocycles. The molecular weight excluding hydrogens is 370 g/mol. The van der Waals surface area contributed by atoms with Crippen molar-refractivity contribution < 1.29 is 0 Å². The molecule has 0 aliphatic heterocycles. The van der Waals surface area contributed by atoms with Gasteiger partial charge in [0.1, 0.15) is 0 Å². The second-order valence-corrected chi connectivity index (χ2v) is 8.94. The highest BCUT2D eigenvalue weighted by Crippen LogP contribution is 2.52. The molecule has 0 amide bonds. The quantitative estimate of drug-likeness (QED) is 0.284. The number of para-hydroxylation sites is 1. The largest absolute Gasteiger partial charge is 0.309 e. The molecule has 1 aliphatic rings. The van der Waals surface area contributed by atoms with E-state index in [9.17, 15) is 0 Å². The molecule has 0 fully saturated rings. The third kappa shape index (κ3) is 2.18. The van der Waals surface area contributed by atoms with Crippen molar-refractivity contribution >= 4 is 34.4 Å². The maximum Gasteiger partial charge on any atom is 0.0588 e. The van der Waals surface area contributed by atoms with Gasteiger partial charge in [-0.05, 0) is 46.5 Å². The number of aromatic nitrogens is 1. The van der Waals surface area contributed by atoms with E-state index in [0.29, 0.717) is 0 Å². The summed E-state index contributed by atoms with van der Waals surface area (Å²) < 4.78 is 2.43. The van der Waals surface area contributed by atoms with Gasteiger partial charge in [0.2, 0.25) is 0 Å². The van der Waals surface area contributed by atoms with Crippen LogP contribution in [0.3, 0.4) is 0 Å². The summed E-state index contributed by atoms with van der Waals surface area (Å²) in [7, 11) is 0. The Morgan fingerprint density at radius 2 is 1.52 bits per heavy atom. The Morgan fingerprint density at radius 1 is 0.724 bits per heavy atom. The minimum absolute atomic E-state index is 0.0594. The number of thiol groups is 1. The fourth-order valence-corrected chi connectivity index (χ4v) is 5.43. The first-order valence-electron chi connectivity index (χ1n) is 10.0. The van der Waals surface area contributed by atoms with Gasteiger partial charge in [-0.1, -0.05) is 74.5 Å². The smallest absolute Gasteiger partial charge is 0.0588 e. The van der Waals surface area contributed by atoms with Crippen LogP contribution >= 0.6 is 12.6 Å². The number of benzene rings is 4. The van der Waals surface area contributed by atoms with Crippen molar-refractivity contribution in [2.24, 2.45) is 0 Å². The predicted octanol–water partition coefficient (Wildman–Crippen LogP) is 7.38. The molecule has 0 unspecified atom stereocenters. The van der Waals surface area contributed by atoms with Crippen LogP contribution in [0.25, 0.3) is 38.6 Å². The molecule has 2 heteroatoms. The highest BCUT2D eigenvalue weighted by molar-refractivity contribution is 7.80. The van der Waals surface area contributed by atoms with Crippen molar-refractivity contribution in [2.75, 3.05) is 0 Å². The maximum absolute atomic E-state index is 4.62. The number of fused-ring (bicyclic) bond motifs is 7. The van der Waals surface area contributed by atoms with Crippen LogP contribution in [0, 0.1) is 0 Å². The summed E-state index contributed by atoms with van der Waals surface area (Å²) in [6.07, 6.45) is 0. The molecule has 0 N–H and O–H groups in total. The van der Waals surface area contributed by atoms with Gasteiger partial charge in [0.15, 0.2) is 0 Å². The van der Waals surface area contributed by atoms with Crippen molar-refractivity contribution in [2.45, 2.75) is 24.2 Å². The second kappa shape index (κ2) is 5.77. The summed E-state index contributed by atoms with van der Waals surface area (Å²) >= 11 is 4.62. The van der Waals surface area contributed by atoms with Crippen LogP contribution in [0.15, 0.2) is 89.8 Å². The van der Waals surface area contributed by atoms with Gasteiger partial charge in [-0.15, -0.1) is 12.6 Å². The highest BCUT2D eigenvalue weighted by atomic mass is 32.1. The Morgan fingerprint density at radius 3 is 2.38 bits per heavy atom. The maximum atomic E-state index is 4.62. The van der Waals surface area contributed by atoms with E-state index in [4.69, 9.17) is 0 Å². The molecular formula is C27H21NS. The number of hydrogen-bond donors (Lipinski definition) is 1. The van der Waals surface area contributed by atoms with E-state index in [0.717, 1.165) is 10.6 Å². The number of rotatable bonds is 1. The molecule has 0 spiro atoms. The Kier molecular flexibility index (Phi) is 3.37. The minimum atomic E-state index is -0.0594. The van der Waals surface area contributed by atoms with Crippen molar-refractivity contribution in [3.8, 4) is 16.8 Å². The lowest BCUT2D eigenvalue weighted by molar-refractivity contribution is 0.664. The monoisotopic (exact) mass is 391 g/mol. The lowest BCUT2D eigenvalue weighted by atomic mass is 9.81. The predicted molar refractivity (Wildman–Crippen MR) is 126 cm³/mol. The van der Waals surface area contributed by atoms with Crippen molar-refractivity contribution in [3.05, 3.63) is 96.1 Å². The van der Waals surface area contributed by atoms with Crippen LogP contribution in [-0.2, 0) is 5.41 Å². The summed E-state index contributed by atoms with van der Waals surface area (Å²) in [5.41, 5.74) is 9.17. The first-order chi connectivity index (χ1) is 14.1. The van der Waals surface area contributed by atoms with Crippen molar-refractivity contribution in [3.63, 3.8) is 0 Å². The third-order valence-electron chi connectivity index (χ3n) is 6.44. The zero-order valence-electron chi connectivity index (χ0n) is 16.5. The normalized spacial score (nSPS) is 14.3. The van der Waals surface area contributed by atoms with Gasteiger partial charge >= 0.3 is 0 Å². The summed E-state index contributed by atoms with van der Waals surface area (Å²) in [5.74, 6) is 0. The van der Waals surface area contributed by atoms with Crippen LogP contribution in [0.4, 0.5) is 0 Å². The summed E-state index contributed by atoms with van der Waals surface area (Å²) in [6.45, 7) is 4.71. The van der Waals surface area contributed by atoms with E-state index in [2.05, 4.69) is 110 Å². The third-order valence-corrected chi connectivity index (χ3v) is 6.72. The molecule has 29 heavy (non-hydrogen) atoms. The van der Waals surface area contributed by atoms with E-state index < -0.39 is 0 Å². The molecule has 0 atom stereocenters. The van der Waals surface area contributed by atoms with Crippen molar-refractivity contribution in [1.29, 1.82) is 0 Å². The van der Waals surface area contributed by atoms with Gasteiger partial charge in [-0.2, -0.15) is 0 Å². The SMILES string of the molecule is CC1(C)c2ccccc2-c2ccc3c4ccccc4n(-c4cccc(S)c4)c3c21. The average Bonchev–Trinajstić information content (AvgIpc) is 3.18. The zero-order chi connectivity index (χ0) is 19.8. The Labute approximate surface area is 176 Å². The van der Waals surface area contributed by atoms with Crippen LogP contribution in [-0.4, -0.2) is 4.57 Å². The first kappa shape index (κ1) is 16.9. The molecule has 6 rings (SSSR count). The summed E-state index contributed by atoms with van der Waals surface area (Å²) in [4.78, 5) is 0.976. The molecule has 1 nitrogen and oxygen atoms in total. The molecule has 5 aromatic rings. The molecule has 0 saturated carbocycles. The van der Waals surface area contributed by atoms with Crippen LogP contribution in [0.5, 0.6) is 0 Å². The lowest BCUT2D eigenvalue weighted by Gasteiger charge is -2.23. The number of hydrogen-bond acceptors (Lipinski definition) is 1. The van der Waals surface area contributed by atoms with Gasteiger partial charge in [0, 0.05) is 26.8 Å². The molecule has 0 bridgehead atoms. The summed E-state index contributed by atoms with van der Waals surface area (Å²) in [5, 5.41) is 2.60. The molecule has 1 heterocycles. The van der Waals surface area contributed by atoms with Crippen LogP contribution in [0.2, 0.25) is 0 Å². The summed E-state index contributed by atoms with van der Waals surface area (Å²) in [6, 6.07) is 30.6. The topological polar surface area (TPSA) is 4.93 Å². The molecule has 1 aliphatic carbocycles. The van der Waals surface area contributed by atoms with Crippen molar-refractivity contribution in [1.82, 2.24) is 4.57 Å². The first-order valence-corrected chi connectivity index (χ1v) is 10.5. The highest BCUT2D eigenvalue weighted by Gasteiger charge is 2.38. The minimum Gasteiger partial charge on any atom is -0.309 e. The molecule has 140 valence electrons. The van der Waals surface area contributed by atoms with Crippen LogP contribution in [0.1, 0.15) is 25.0 Å². The Hall–Kier alpha value is -2.97. The second-order valence-electron chi connectivity index (χ2n) is 8.43. The number of nitrogens with zero attached hydrogens (tertiary/aromatic N) is 1. The van der Waals surface area contributed by atoms with E-state index in [1.165, 1.54) is 44.1 Å². The van der Waals surface area contributed by atoms with Gasteiger partial charge in [0.05, 0.1) is 11.0 Å². The lowest BCUT2D eigenvalue weighted by Crippen LogP contribution is -2.16. The van der Waals surface area contributed by atoms with E-state index >= 15 is 0 Å². The molecule has 1 aromatic heterocycles. The fourth-order valence-electron chi connectivity index (χ4n) is 5.21. The zero-order valence-corrected chi connectivity index (χ0v) is 17.4. The molecule has 0 radical (unpaired) electrons. The van der Waals surface area contributed by atoms with Gasteiger partial charge in [-0.25, -0.2) is 0 Å². The average molecular weight is 392 g/mol. The van der Waals surface area contributed by atoms with Crippen LogP contribution < -0.4 is 0 Å². The van der Waals surface area contributed by atoms with E-state index in [-0.39, 0.29) is 5.41 Å².